The monoisotopic (exact) mass is 451 g/mol. The number of carbonyl (C=O) groups is 2. The van der Waals surface area contributed by atoms with Crippen molar-refractivity contribution in [1.82, 2.24) is 0 Å². The van der Waals surface area contributed by atoms with Crippen molar-refractivity contribution >= 4 is 11.8 Å². The first kappa shape index (κ1) is 29.8. The Kier molecular flexibility index (Phi) is 17.7. The third-order valence-corrected chi connectivity index (χ3v) is 6.15. The number of imide groups is 1. The van der Waals surface area contributed by atoms with Crippen molar-refractivity contribution in [1.29, 1.82) is 0 Å². The second-order valence-electron chi connectivity index (χ2n) is 9.22. The van der Waals surface area contributed by atoms with Gasteiger partial charge in [0.2, 0.25) is 0 Å². The van der Waals surface area contributed by atoms with Crippen LogP contribution < -0.4 is 12.4 Å². The molecule has 0 saturated carbocycles. The Balaban J connectivity index is 0.00000900. The van der Waals surface area contributed by atoms with Gasteiger partial charge < -0.3 is 12.4 Å². The van der Waals surface area contributed by atoms with Crippen LogP contribution in [0.15, 0.2) is 30.3 Å². The van der Waals surface area contributed by atoms with Crippen LogP contribution in [-0.2, 0) is 4.79 Å². The zero-order valence-corrected chi connectivity index (χ0v) is 21.1. The third kappa shape index (κ3) is 13.1. The van der Waals surface area contributed by atoms with E-state index in [1.54, 1.807) is 26.2 Å². The molecule has 3 nitrogen and oxygen atoms in total. The number of benzene rings is 1. The van der Waals surface area contributed by atoms with Gasteiger partial charge in [-0.2, -0.15) is 4.48 Å². The first-order valence-corrected chi connectivity index (χ1v) is 12.5. The van der Waals surface area contributed by atoms with Gasteiger partial charge in [-0.1, -0.05) is 115 Å². The molecule has 31 heavy (non-hydrogen) atoms. The molecule has 0 spiro atoms. The van der Waals surface area contributed by atoms with Gasteiger partial charge >= 0.3 is 11.8 Å². The van der Waals surface area contributed by atoms with Crippen molar-refractivity contribution < 1.29 is 26.5 Å². The lowest BCUT2D eigenvalue weighted by Crippen LogP contribution is -3.00. The Morgan fingerprint density at radius 2 is 1.03 bits per heavy atom. The van der Waals surface area contributed by atoms with Gasteiger partial charge in [0.05, 0.1) is 26.1 Å². The molecule has 0 atom stereocenters. The van der Waals surface area contributed by atoms with Crippen LogP contribution in [0.1, 0.15) is 120 Å². The van der Waals surface area contributed by atoms with Crippen LogP contribution in [0.2, 0.25) is 0 Å². The molecular formula is C27H46ClNO2. The van der Waals surface area contributed by atoms with E-state index in [1.807, 2.05) is 18.2 Å². The number of quaternary nitrogens is 1. The second-order valence-corrected chi connectivity index (χ2v) is 9.22. The van der Waals surface area contributed by atoms with E-state index in [0.717, 1.165) is 12.8 Å². The smallest absolute Gasteiger partial charge is 0.352 e. The van der Waals surface area contributed by atoms with Crippen molar-refractivity contribution in [3.8, 4) is 0 Å². The summed E-state index contributed by atoms with van der Waals surface area (Å²) in [6, 6.07) is 9.12. The van der Waals surface area contributed by atoms with Crippen LogP contribution in [0.4, 0.5) is 0 Å². The molecule has 1 aromatic rings. The van der Waals surface area contributed by atoms with E-state index in [9.17, 15) is 9.59 Å². The van der Waals surface area contributed by atoms with E-state index in [4.69, 9.17) is 0 Å². The summed E-state index contributed by atoms with van der Waals surface area (Å²) in [6.45, 7) is 2.27. The highest BCUT2D eigenvalue weighted by atomic mass is 35.5. The summed E-state index contributed by atoms with van der Waals surface area (Å²) >= 11 is 0. The molecule has 0 fully saturated rings. The van der Waals surface area contributed by atoms with Gasteiger partial charge in [0.15, 0.2) is 0 Å². The number of halogens is 1. The molecule has 2 amide bonds. The van der Waals surface area contributed by atoms with Crippen molar-refractivity contribution in [3.05, 3.63) is 35.9 Å². The van der Waals surface area contributed by atoms with Crippen molar-refractivity contribution in [3.63, 3.8) is 0 Å². The van der Waals surface area contributed by atoms with E-state index in [-0.39, 0.29) is 28.7 Å². The first-order chi connectivity index (χ1) is 14.5. The Labute approximate surface area is 198 Å². The lowest BCUT2D eigenvalue weighted by Gasteiger charge is -2.24. The van der Waals surface area contributed by atoms with Crippen LogP contribution in [0.3, 0.4) is 0 Å². The van der Waals surface area contributed by atoms with Gasteiger partial charge in [0.25, 0.3) is 0 Å². The van der Waals surface area contributed by atoms with Gasteiger partial charge in [-0.15, -0.1) is 0 Å². The number of nitrogens with zero attached hydrogens (tertiary/aromatic N) is 1. The summed E-state index contributed by atoms with van der Waals surface area (Å²) < 4.78 is -0.192. The highest BCUT2D eigenvalue weighted by Crippen LogP contribution is 2.16. The van der Waals surface area contributed by atoms with Crippen LogP contribution in [0, 0.1) is 0 Å². The molecule has 0 saturated heterocycles. The van der Waals surface area contributed by atoms with E-state index >= 15 is 0 Å². The first-order valence-electron chi connectivity index (χ1n) is 12.5. The van der Waals surface area contributed by atoms with Crippen LogP contribution >= 0.6 is 0 Å². The van der Waals surface area contributed by atoms with Gasteiger partial charge in [-0.25, -0.2) is 9.59 Å². The standard InChI is InChI=1S/C27H46NO2.ClH/c1-4-5-6-7-8-9-10-11-12-13-14-15-16-17-21-24-26(29)28(2,3)27(30)25-22-19-18-20-23-25;/h18-20,22-23H,4-17,21,24H2,1-3H3;1H/q+1;/p-1. The average molecular weight is 452 g/mol. The molecule has 0 aliphatic rings. The maximum absolute atomic E-state index is 12.6. The normalized spacial score (nSPS) is 11.2. The molecule has 0 radical (unpaired) electrons. The molecule has 0 unspecified atom stereocenters. The summed E-state index contributed by atoms with van der Waals surface area (Å²) in [5.74, 6) is -0.111. The van der Waals surface area contributed by atoms with Crippen LogP contribution in [-0.4, -0.2) is 30.4 Å². The predicted octanol–water partition coefficient (Wildman–Crippen LogP) is 4.70. The lowest BCUT2D eigenvalue weighted by molar-refractivity contribution is -0.728. The maximum atomic E-state index is 12.6. The third-order valence-electron chi connectivity index (χ3n) is 6.15. The fourth-order valence-corrected chi connectivity index (χ4v) is 3.94. The molecule has 4 heteroatoms. The Morgan fingerprint density at radius 3 is 1.45 bits per heavy atom. The summed E-state index contributed by atoms with van der Waals surface area (Å²) in [6.07, 6.45) is 20.2. The second kappa shape index (κ2) is 18.4. The van der Waals surface area contributed by atoms with Gasteiger partial charge in [0.1, 0.15) is 0 Å². The van der Waals surface area contributed by atoms with Gasteiger partial charge in [0, 0.05) is 0 Å². The van der Waals surface area contributed by atoms with E-state index < -0.39 is 0 Å². The Morgan fingerprint density at radius 1 is 0.645 bits per heavy atom. The van der Waals surface area contributed by atoms with Crippen LogP contribution in [0.25, 0.3) is 0 Å². The Bertz CT molecular complexity index is 586. The minimum atomic E-state index is -0.192. The quantitative estimate of drug-likeness (QED) is 0.254. The largest absolute Gasteiger partial charge is 1.00 e. The lowest BCUT2D eigenvalue weighted by atomic mass is 10.0. The minimum Gasteiger partial charge on any atom is -1.00 e. The van der Waals surface area contributed by atoms with Crippen LogP contribution in [0.5, 0.6) is 0 Å². The Hall–Kier alpha value is -1.19. The predicted molar refractivity (Wildman–Crippen MR) is 127 cm³/mol. The molecule has 0 N–H and O–H groups in total. The maximum Gasteiger partial charge on any atom is 0.352 e. The number of hydrogen-bond acceptors (Lipinski definition) is 2. The molecule has 178 valence electrons. The number of hydrogen-bond donors (Lipinski definition) is 0. The number of rotatable bonds is 17. The molecule has 0 aliphatic carbocycles. The molecule has 1 aromatic carbocycles. The minimum absolute atomic E-state index is 0. The van der Waals surface area contributed by atoms with Crippen molar-refractivity contribution in [2.45, 2.75) is 110 Å². The molecule has 0 aliphatic heterocycles. The highest BCUT2D eigenvalue weighted by Gasteiger charge is 2.35. The van der Waals surface area contributed by atoms with E-state index in [0.29, 0.717) is 12.0 Å². The SMILES string of the molecule is CCCCCCCCCCCCCCCCCC(=O)[N+](C)(C)C(=O)c1ccccc1.[Cl-]. The summed E-state index contributed by atoms with van der Waals surface area (Å²) in [7, 11) is 3.42. The summed E-state index contributed by atoms with van der Waals surface area (Å²) in [5, 5.41) is 0. The highest BCUT2D eigenvalue weighted by molar-refractivity contribution is 5.95. The topological polar surface area (TPSA) is 34.1 Å². The van der Waals surface area contributed by atoms with Gasteiger partial charge in [-0.05, 0) is 18.6 Å². The van der Waals surface area contributed by atoms with E-state index in [1.165, 1.54) is 83.5 Å². The number of amides is 2. The molecule has 0 bridgehead atoms. The summed E-state index contributed by atoms with van der Waals surface area (Å²) in [5.41, 5.74) is 0.604. The number of carbonyl (C=O) groups excluding carboxylic acids is 2. The van der Waals surface area contributed by atoms with Crippen molar-refractivity contribution in [2.24, 2.45) is 0 Å². The zero-order valence-electron chi connectivity index (χ0n) is 20.3. The van der Waals surface area contributed by atoms with Gasteiger partial charge in [-0.3, -0.25) is 0 Å². The molecule has 1 rings (SSSR count). The molecule has 0 aromatic heterocycles. The molecule has 0 heterocycles. The average Bonchev–Trinajstić information content (AvgIpc) is 2.76. The zero-order chi connectivity index (χ0) is 22.1. The van der Waals surface area contributed by atoms with Crippen molar-refractivity contribution in [2.75, 3.05) is 14.1 Å². The molecular weight excluding hydrogens is 406 g/mol. The summed E-state index contributed by atoms with van der Waals surface area (Å²) in [4.78, 5) is 25.2. The number of unbranched alkanes of at least 4 members (excludes halogenated alkanes) is 14. The van der Waals surface area contributed by atoms with E-state index in [2.05, 4.69) is 6.92 Å². The fraction of sp³-hybridized carbons (Fsp3) is 0.704. The fourth-order valence-electron chi connectivity index (χ4n) is 3.94.